The molecule has 0 bridgehead atoms. The molecule has 4 rings (SSSR count). The summed E-state index contributed by atoms with van der Waals surface area (Å²) in [5.74, 6) is -3.24. The molecule has 4 unspecified atom stereocenters. The fraction of sp³-hybridized carbons (Fsp3) is 0.314. The highest BCUT2D eigenvalue weighted by Crippen LogP contribution is 2.20. The molecule has 4 atom stereocenters. The number of unbranched alkanes of at least 4 members (excludes halogenated alkanes) is 1. The summed E-state index contributed by atoms with van der Waals surface area (Å²) in [6, 6.07) is 14.9. The van der Waals surface area contributed by atoms with Crippen LogP contribution in [0.3, 0.4) is 0 Å². The Morgan fingerprint density at radius 3 is 1.75 bits per heavy atom. The van der Waals surface area contributed by atoms with E-state index in [1.165, 1.54) is 24.3 Å². The van der Waals surface area contributed by atoms with E-state index < -0.39 is 47.9 Å². The predicted octanol–water partition coefficient (Wildman–Crippen LogP) is 1.60. The molecule has 0 saturated heterocycles. The first-order valence-electron chi connectivity index (χ1n) is 15.7. The van der Waals surface area contributed by atoms with Gasteiger partial charge in [0.05, 0.1) is 6.04 Å². The second kappa shape index (κ2) is 17.0. The van der Waals surface area contributed by atoms with Crippen LogP contribution in [0, 0.1) is 0 Å². The molecule has 1 aromatic heterocycles. The number of amides is 3. The predicted molar refractivity (Wildman–Crippen MR) is 180 cm³/mol. The minimum absolute atomic E-state index is 0.00735. The van der Waals surface area contributed by atoms with E-state index in [-0.39, 0.29) is 30.8 Å². The first-order valence-corrected chi connectivity index (χ1v) is 15.7. The summed E-state index contributed by atoms with van der Waals surface area (Å²) in [6.45, 7) is 0.454. The lowest BCUT2D eigenvalue weighted by molar-refractivity contribution is -0.142. The van der Waals surface area contributed by atoms with Crippen molar-refractivity contribution in [3.63, 3.8) is 0 Å². The molecule has 0 aliphatic carbocycles. The van der Waals surface area contributed by atoms with Gasteiger partial charge in [-0.3, -0.25) is 14.4 Å². The zero-order valence-corrected chi connectivity index (χ0v) is 26.4. The number of fused-ring (bicyclic) bond motifs is 1. The number of carboxylic acid groups (broad SMARTS) is 1. The maximum absolute atomic E-state index is 13.8. The van der Waals surface area contributed by atoms with E-state index in [4.69, 9.17) is 11.5 Å². The molecule has 13 heteroatoms. The van der Waals surface area contributed by atoms with E-state index in [0.29, 0.717) is 42.5 Å². The van der Waals surface area contributed by atoms with Gasteiger partial charge in [-0.25, -0.2) is 4.79 Å². The van der Waals surface area contributed by atoms with Crippen molar-refractivity contribution < 1.29 is 34.5 Å². The maximum atomic E-state index is 13.8. The number of carbonyl (C=O) groups is 4. The number of benzene rings is 3. The molecule has 0 aliphatic heterocycles. The molecular formula is C35H42N6O7. The number of phenolic OH excluding ortho intramolecular Hbond substituents is 2. The first-order chi connectivity index (χ1) is 23.0. The Bertz CT molecular complexity index is 1690. The summed E-state index contributed by atoms with van der Waals surface area (Å²) in [7, 11) is 0. The van der Waals surface area contributed by atoms with E-state index in [2.05, 4.69) is 20.9 Å². The summed E-state index contributed by atoms with van der Waals surface area (Å²) in [5, 5.41) is 38.3. The van der Waals surface area contributed by atoms with Crippen LogP contribution in [0.4, 0.5) is 0 Å². The molecule has 0 spiro atoms. The SMILES string of the molecule is NCCCCC(N)C(=O)NC(Cc1ccc(O)cc1)C(=O)NC(Cc1ccc(O)cc1)C(=O)NC(Cc1c[nH]c2ccccc12)C(=O)O. The molecule has 0 aliphatic rings. The third-order valence-corrected chi connectivity index (χ3v) is 8.04. The van der Waals surface area contributed by atoms with Crippen molar-refractivity contribution in [3.8, 4) is 11.5 Å². The Labute approximate surface area is 277 Å². The molecule has 1 heterocycles. The second-order valence-corrected chi connectivity index (χ2v) is 11.7. The normalized spacial score (nSPS) is 13.6. The smallest absolute Gasteiger partial charge is 0.326 e. The summed E-state index contributed by atoms with van der Waals surface area (Å²) >= 11 is 0. The molecule has 4 aromatic rings. The Kier molecular flexibility index (Phi) is 12.5. The van der Waals surface area contributed by atoms with Gasteiger partial charge < -0.3 is 47.7 Å². The van der Waals surface area contributed by atoms with Crippen LogP contribution in [-0.2, 0) is 38.4 Å². The highest BCUT2D eigenvalue weighted by atomic mass is 16.4. The average Bonchev–Trinajstić information content (AvgIpc) is 3.48. The Morgan fingerprint density at radius 2 is 1.21 bits per heavy atom. The number of aliphatic carboxylic acids is 1. The van der Waals surface area contributed by atoms with Crippen molar-refractivity contribution in [1.82, 2.24) is 20.9 Å². The highest BCUT2D eigenvalue weighted by Gasteiger charge is 2.31. The third-order valence-electron chi connectivity index (χ3n) is 8.04. The minimum Gasteiger partial charge on any atom is -0.508 e. The highest BCUT2D eigenvalue weighted by molar-refractivity contribution is 5.94. The number of H-pyrrole nitrogens is 1. The number of nitrogens with one attached hydrogen (secondary N) is 4. The number of hydrogen-bond donors (Lipinski definition) is 9. The van der Waals surface area contributed by atoms with Gasteiger partial charge in [-0.15, -0.1) is 0 Å². The van der Waals surface area contributed by atoms with Crippen molar-refractivity contribution in [2.45, 2.75) is 62.7 Å². The molecule has 0 radical (unpaired) electrons. The monoisotopic (exact) mass is 658 g/mol. The van der Waals surface area contributed by atoms with Gasteiger partial charge in [0.1, 0.15) is 29.6 Å². The molecule has 48 heavy (non-hydrogen) atoms. The number of carboxylic acids is 1. The van der Waals surface area contributed by atoms with Crippen molar-refractivity contribution in [2.75, 3.05) is 6.54 Å². The van der Waals surface area contributed by atoms with E-state index in [1.54, 1.807) is 30.5 Å². The summed E-state index contributed by atoms with van der Waals surface area (Å²) in [5.41, 5.74) is 14.4. The lowest BCUT2D eigenvalue weighted by Crippen LogP contribution is -2.58. The van der Waals surface area contributed by atoms with Crippen LogP contribution >= 0.6 is 0 Å². The first kappa shape index (κ1) is 35.5. The van der Waals surface area contributed by atoms with Crippen LogP contribution in [0.25, 0.3) is 10.9 Å². The van der Waals surface area contributed by atoms with Crippen LogP contribution in [0.5, 0.6) is 11.5 Å². The van der Waals surface area contributed by atoms with Gasteiger partial charge in [0, 0.05) is 36.4 Å². The molecule has 3 aromatic carbocycles. The fourth-order valence-electron chi connectivity index (χ4n) is 5.34. The van der Waals surface area contributed by atoms with Crippen LogP contribution < -0.4 is 27.4 Å². The van der Waals surface area contributed by atoms with Crippen LogP contribution in [-0.4, -0.2) is 74.7 Å². The van der Waals surface area contributed by atoms with E-state index in [9.17, 15) is 34.5 Å². The zero-order valence-electron chi connectivity index (χ0n) is 26.4. The molecule has 0 saturated carbocycles. The van der Waals surface area contributed by atoms with Gasteiger partial charge in [-0.1, -0.05) is 48.9 Å². The Balaban J connectivity index is 1.57. The van der Waals surface area contributed by atoms with Crippen molar-refractivity contribution in [3.05, 3.63) is 95.7 Å². The van der Waals surface area contributed by atoms with Gasteiger partial charge in [-0.05, 0) is 66.4 Å². The molecule has 13 nitrogen and oxygen atoms in total. The number of carbonyl (C=O) groups excluding carboxylic acids is 3. The minimum atomic E-state index is -1.32. The van der Waals surface area contributed by atoms with Gasteiger partial charge in [-0.2, -0.15) is 0 Å². The second-order valence-electron chi connectivity index (χ2n) is 11.7. The van der Waals surface area contributed by atoms with Crippen LogP contribution in [0.1, 0.15) is 36.0 Å². The fourth-order valence-corrected chi connectivity index (χ4v) is 5.34. The molecular weight excluding hydrogens is 616 g/mol. The third kappa shape index (κ3) is 10.0. The topological polar surface area (TPSA) is 233 Å². The number of phenols is 2. The standard InChI is InChI=1S/C35H42N6O7/c36-16-4-3-6-27(37)32(44)39-29(17-21-8-12-24(42)13-9-21)33(45)40-30(18-22-10-14-25(43)15-11-22)34(46)41-31(35(47)48)19-23-20-38-28-7-2-1-5-26(23)28/h1-2,5,7-15,20,27,29-31,38,42-43H,3-4,6,16-19,36-37H2,(H,39,44)(H,40,45)(H,41,46)(H,47,48). The summed E-state index contributed by atoms with van der Waals surface area (Å²) in [4.78, 5) is 56.1. The van der Waals surface area contributed by atoms with Crippen LogP contribution in [0.2, 0.25) is 0 Å². The average molecular weight is 659 g/mol. The number of rotatable bonds is 17. The lowest BCUT2D eigenvalue weighted by Gasteiger charge is -2.25. The Morgan fingerprint density at radius 1 is 0.688 bits per heavy atom. The van der Waals surface area contributed by atoms with Crippen LogP contribution in [0.15, 0.2) is 79.0 Å². The number of aromatic amines is 1. The van der Waals surface area contributed by atoms with E-state index >= 15 is 0 Å². The largest absolute Gasteiger partial charge is 0.508 e. The number of aromatic nitrogens is 1. The summed E-state index contributed by atoms with van der Waals surface area (Å²) < 4.78 is 0. The number of nitrogens with two attached hydrogens (primary N) is 2. The number of para-hydroxylation sites is 1. The molecule has 3 amide bonds. The van der Waals surface area contributed by atoms with E-state index in [0.717, 1.165) is 10.9 Å². The lowest BCUT2D eigenvalue weighted by atomic mass is 10.0. The zero-order chi connectivity index (χ0) is 34.6. The van der Waals surface area contributed by atoms with E-state index in [1.807, 2.05) is 24.3 Å². The van der Waals surface area contributed by atoms with Crippen molar-refractivity contribution in [1.29, 1.82) is 0 Å². The van der Waals surface area contributed by atoms with Gasteiger partial charge in [0.2, 0.25) is 17.7 Å². The maximum Gasteiger partial charge on any atom is 0.326 e. The number of aromatic hydroxyl groups is 2. The summed E-state index contributed by atoms with van der Waals surface area (Å²) in [6.07, 6.45) is 3.30. The molecule has 11 N–H and O–H groups in total. The van der Waals surface area contributed by atoms with Gasteiger partial charge in [0.15, 0.2) is 0 Å². The molecule has 0 fully saturated rings. The molecule has 254 valence electrons. The van der Waals surface area contributed by atoms with Crippen molar-refractivity contribution in [2.24, 2.45) is 11.5 Å². The number of hydrogen-bond acceptors (Lipinski definition) is 8. The quantitative estimate of drug-likeness (QED) is 0.0749. The van der Waals surface area contributed by atoms with Crippen molar-refractivity contribution >= 4 is 34.6 Å². The van der Waals surface area contributed by atoms with Gasteiger partial charge in [0.25, 0.3) is 0 Å². The Hall–Kier alpha value is -5.40. The van der Waals surface area contributed by atoms with Gasteiger partial charge >= 0.3 is 5.97 Å².